The van der Waals surface area contributed by atoms with Gasteiger partial charge in [-0.1, -0.05) is 18.2 Å². The maximum absolute atomic E-state index is 12.0. The number of hydrogen-bond acceptors (Lipinski definition) is 4. The van der Waals surface area contributed by atoms with Crippen molar-refractivity contribution in [1.82, 2.24) is 4.90 Å². The molecule has 5 nitrogen and oxygen atoms in total. The fourth-order valence-electron chi connectivity index (χ4n) is 1.99. The van der Waals surface area contributed by atoms with Gasteiger partial charge in [0.25, 0.3) is 0 Å². The van der Waals surface area contributed by atoms with Gasteiger partial charge in [0, 0.05) is 5.69 Å². The van der Waals surface area contributed by atoms with Crippen LogP contribution >= 0.6 is 11.8 Å². The molecule has 6 heteroatoms. The maximum Gasteiger partial charge on any atom is 0.244 e. The molecule has 0 bridgehead atoms. The number of anilines is 1. The Labute approximate surface area is 121 Å². The van der Waals surface area contributed by atoms with Crippen LogP contribution in [-0.4, -0.2) is 39.7 Å². The third-order valence-corrected chi connectivity index (χ3v) is 4.21. The van der Waals surface area contributed by atoms with Crippen molar-refractivity contribution < 1.29 is 14.4 Å². The number of imide groups is 1. The van der Waals surface area contributed by atoms with E-state index in [1.165, 1.54) is 11.8 Å². The molecule has 20 heavy (non-hydrogen) atoms. The lowest BCUT2D eigenvalue weighted by molar-refractivity contribution is -0.147. The van der Waals surface area contributed by atoms with Gasteiger partial charge in [-0.25, -0.2) is 0 Å². The number of hydrogen-bond donors (Lipinski definition) is 1. The number of carbonyl (C=O) groups excluding carboxylic acids is 3. The molecule has 0 unspecified atom stereocenters. The monoisotopic (exact) mass is 292 g/mol. The van der Waals surface area contributed by atoms with E-state index in [4.69, 9.17) is 0 Å². The quantitative estimate of drug-likeness (QED) is 0.858. The molecule has 0 spiro atoms. The molecule has 1 aliphatic rings. The number of benzene rings is 1. The van der Waals surface area contributed by atoms with Gasteiger partial charge in [0.2, 0.25) is 17.7 Å². The highest BCUT2D eigenvalue weighted by Crippen LogP contribution is 2.26. The molecule has 2 atom stereocenters. The fourth-order valence-corrected chi connectivity index (χ4v) is 3.09. The summed E-state index contributed by atoms with van der Waals surface area (Å²) in [5.74, 6) is -0.980. The van der Waals surface area contributed by atoms with Crippen LogP contribution in [-0.2, 0) is 14.4 Å². The van der Waals surface area contributed by atoms with Crippen molar-refractivity contribution in [2.24, 2.45) is 0 Å². The number of para-hydroxylation sites is 1. The molecule has 1 aromatic carbocycles. The van der Waals surface area contributed by atoms with Crippen molar-refractivity contribution in [2.75, 3.05) is 11.9 Å². The average molecular weight is 292 g/mol. The Kier molecular flexibility index (Phi) is 4.44. The van der Waals surface area contributed by atoms with Crippen LogP contribution in [0.15, 0.2) is 30.3 Å². The fraction of sp³-hybridized carbons (Fsp3) is 0.357. The first-order chi connectivity index (χ1) is 9.49. The van der Waals surface area contributed by atoms with Gasteiger partial charge in [-0.05, 0) is 26.0 Å². The second-order valence-corrected chi connectivity index (χ2v) is 6.28. The average Bonchev–Trinajstić information content (AvgIpc) is 2.42. The molecule has 1 aromatic rings. The molecule has 1 fully saturated rings. The Morgan fingerprint density at radius 1 is 1.15 bits per heavy atom. The minimum Gasteiger partial charge on any atom is -0.325 e. The highest BCUT2D eigenvalue weighted by molar-refractivity contribution is 8.02. The Morgan fingerprint density at radius 2 is 1.70 bits per heavy atom. The second-order valence-electron chi connectivity index (χ2n) is 4.60. The summed E-state index contributed by atoms with van der Waals surface area (Å²) in [7, 11) is 0. The maximum atomic E-state index is 12.0. The third-order valence-electron chi connectivity index (χ3n) is 3.00. The van der Waals surface area contributed by atoms with Crippen LogP contribution in [0.1, 0.15) is 13.8 Å². The SMILES string of the molecule is C[C@@H]1S[C@H](C)C(=O)N(CC(=O)Nc2ccccc2)C1=O. The van der Waals surface area contributed by atoms with E-state index in [0.29, 0.717) is 5.69 Å². The van der Waals surface area contributed by atoms with Crippen LogP contribution in [0.5, 0.6) is 0 Å². The molecule has 1 N–H and O–H groups in total. The molecule has 106 valence electrons. The van der Waals surface area contributed by atoms with Crippen LogP contribution in [0.25, 0.3) is 0 Å². The van der Waals surface area contributed by atoms with E-state index in [0.717, 1.165) is 4.90 Å². The first kappa shape index (κ1) is 14.6. The Bertz CT molecular complexity index is 512. The molecular weight excluding hydrogens is 276 g/mol. The van der Waals surface area contributed by atoms with E-state index >= 15 is 0 Å². The predicted molar refractivity (Wildman–Crippen MR) is 78.3 cm³/mol. The Hall–Kier alpha value is -1.82. The summed E-state index contributed by atoms with van der Waals surface area (Å²) in [5.41, 5.74) is 0.643. The number of nitrogens with zero attached hydrogens (tertiary/aromatic N) is 1. The number of nitrogens with one attached hydrogen (secondary N) is 1. The van der Waals surface area contributed by atoms with E-state index in [2.05, 4.69) is 5.32 Å². The predicted octanol–water partition coefficient (Wildman–Crippen LogP) is 1.50. The zero-order chi connectivity index (χ0) is 14.7. The molecule has 0 radical (unpaired) electrons. The number of carbonyl (C=O) groups is 3. The largest absolute Gasteiger partial charge is 0.325 e. The lowest BCUT2D eigenvalue weighted by atomic mass is 10.3. The highest BCUT2D eigenvalue weighted by atomic mass is 32.2. The molecule has 1 aliphatic heterocycles. The van der Waals surface area contributed by atoms with Gasteiger partial charge in [-0.3, -0.25) is 19.3 Å². The number of rotatable bonds is 3. The van der Waals surface area contributed by atoms with Crippen molar-refractivity contribution in [1.29, 1.82) is 0 Å². The lowest BCUT2D eigenvalue weighted by Crippen LogP contribution is -2.52. The summed E-state index contributed by atoms with van der Waals surface area (Å²) in [6.45, 7) is 3.26. The Morgan fingerprint density at radius 3 is 2.25 bits per heavy atom. The van der Waals surface area contributed by atoms with Gasteiger partial charge >= 0.3 is 0 Å². The zero-order valence-corrected chi connectivity index (χ0v) is 12.1. The zero-order valence-electron chi connectivity index (χ0n) is 11.3. The molecule has 3 amide bonds. The van der Waals surface area contributed by atoms with Gasteiger partial charge in [-0.2, -0.15) is 0 Å². The summed E-state index contributed by atoms with van der Waals surface area (Å²) in [6.07, 6.45) is 0. The lowest BCUT2D eigenvalue weighted by Gasteiger charge is -2.31. The molecule has 1 saturated heterocycles. The van der Waals surface area contributed by atoms with Crippen LogP contribution in [0.4, 0.5) is 5.69 Å². The molecule has 0 saturated carbocycles. The van der Waals surface area contributed by atoms with Crippen molar-refractivity contribution in [3.05, 3.63) is 30.3 Å². The van der Waals surface area contributed by atoms with Gasteiger partial charge in [-0.15, -0.1) is 11.8 Å². The van der Waals surface area contributed by atoms with Crippen molar-refractivity contribution >= 4 is 35.2 Å². The summed E-state index contributed by atoms with van der Waals surface area (Å²) in [5, 5.41) is 2.07. The highest BCUT2D eigenvalue weighted by Gasteiger charge is 2.37. The van der Waals surface area contributed by atoms with Crippen LogP contribution in [0.2, 0.25) is 0 Å². The molecule has 2 rings (SSSR count). The number of amides is 3. The molecule has 0 aliphatic carbocycles. The number of thioether (sulfide) groups is 1. The molecular formula is C14H16N2O3S. The normalized spacial score (nSPS) is 22.8. The van der Waals surface area contributed by atoms with Crippen molar-refractivity contribution in [3.63, 3.8) is 0 Å². The van der Waals surface area contributed by atoms with Crippen LogP contribution < -0.4 is 5.32 Å². The van der Waals surface area contributed by atoms with Crippen LogP contribution in [0, 0.1) is 0 Å². The van der Waals surface area contributed by atoms with E-state index in [1.54, 1.807) is 38.1 Å². The van der Waals surface area contributed by atoms with Crippen molar-refractivity contribution in [3.8, 4) is 0 Å². The van der Waals surface area contributed by atoms with Gasteiger partial charge in [0.05, 0.1) is 10.5 Å². The minimum atomic E-state index is -0.371. The van der Waals surface area contributed by atoms with Gasteiger partial charge in [0.15, 0.2) is 0 Å². The first-order valence-corrected chi connectivity index (χ1v) is 7.29. The Balaban J connectivity index is 2.02. The van der Waals surface area contributed by atoms with E-state index in [1.807, 2.05) is 6.07 Å². The smallest absolute Gasteiger partial charge is 0.244 e. The van der Waals surface area contributed by atoms with E-state index < -0.39 is 0 Å². The van der Waals surface area contributed by atoms with E-state index in [-0.39, 0.29) is 34.8 Å². The molecule has 1 heterocycles. The van der Waals surface area contributed by atoms with Gasteiger partial charge < -0.3 is 5.32 Å². The van der Waals surface area contributed by atoms with Crippen LogP contribution in [0.3, 0.4) is 0 Å². The van der Waals surface area contributed by atoms with Crippen molar-refractivity contribution in [2.45, 2.75) is 24.3 Å². The summed E-state index contributed by atoms with van der Waals surface area (Å²) >= 11 is 1.32. The van der Waals surface area contributed by atoms with Gasteiger partial charge in [0.1, 0.15) is 6.54 Å². The van der Waals surface area contributed by atoms with E-state index in [9.17, 15) is 14.4 Å². The third kappa shape index (κ3) is 3.19. The molecule has 0 aromatic heterocycles. The topological polar surface area (TPSA) is 66.5 Å². The summed E-state index contributed by atoms with van der Waals surface area (Å²) < 4.78 is 0. The standard InChI is InChI=1S/C14H16N2O3S/c1-9-13(18)16(14(19)10(2)20-9)8-12(17)15-11-6-4-3-5-7-11/h3-7,9-10H,8H2,1-2H3,(H,15,17)/t9-,10+. The summed E-state index contributed by atoms with van der Waals surface area (Å²) in [4.78, 5) is 36.9. The first-order valence-electron chi connectivity index (χ1n) is 6.34. The second kappa shape index (κ2) is 6.09. The summed E-state index contributed by atoms with van der Waals surface area (Å²) in [6, 6.07) is 8.94. The minimum absolute atomic E-state index is 0.234.